The lowest BCUT2D eigenvalue weighted by atomic mass is 10.1. The van der Waals surface area contributed by atoms with Gasteiger partial charge in [-0.15, -0.1) is 0 Å². The first-order chi connectivity index (χ1) is 9.58. The van der Waals surface area contributed by atoms with Crippen LogP contribution in [0, 0.1) is 0 Å². The van der Waals surface area contributed by atoms with E-state index < -0.39 is 24.2 Å². The highest BCUT2D eigenvalue weighted by Crippen LogP contribution is 2.25. The second kappa shape index (κ2) is 6.71. The van der Waals surface area contributed by atoms with Crippen LogP contribution >= 0.6 is 0 Å². The molecule has 0 aliphatic rings. The molecule has 1 rings (SSSR count). The van der Waals surface area contributed by atoms with E-state index in [0.717, 1.165) is 0 Å². The molecule has 0 aliphatic carbocycles. The lowest BCUT2D eigenvalue weighted by molar-refractivity contribution is 0.0635. The Bertz CT molecular complexity index is 501. The number of nitrogens with two attached hydrogens (primary N) is 1. The number of alkyl halides is 2. The third-order valence-corrected chi connectivity index (χ3v) is 2.49. The molecular weight excluding hydrogens is 282 g/mol. The van der Waals surface area contributed by atoms with Gasteiger partial charge < -0.3 is 15.6 Å². The van der Waals surface area contributed by atoms with Gasteiger partial charge in [0.1, 0.15) is 11.4 Å². The molecule has 0 fully saturated rings. The Morgan fingerprint density at radius 1 is 1.43 bits per heavy atom. The van der Waals surface area contributed by atoms with Gasteiger partial charge in [0.2, 0.25) is 0 Å². The monoisotopic (exact) mass is 302 g/mol. The molecule has 118 valence electrons. The van der Waals surface area contributed by atoms with Crippen LogP contribution in [-0.4, -0.2) is 29.3 Å². The molecule has 21 heavy (non-hydrogen) atoms. The maximum absolute atomic E-state index is 12.4. The summed E-state index contributed by atoms with van der Waals surface area (Å²) in [4.78, 5) is 11.6. The van der Waals surface area contributed by atoms with Crippen molar-refractivity contribution in [2.24, 2.45) is 5.73 Å². The Labute approximate surface area is 122 Å². The third-order valence-electron chi connectivity index (χ3n) is 2.49. The fourth-order valence-electron chi connectivity index (χ4n) is 1.58. The molecule has 0 saturated heterocycles. The molecule has 0 aliphatic heterocycles. The molecule has 1 amide bonds. The lowest BCUT2D eigenvalue weighted by Crippen LogP contribution is -2.30. The number of hydrogen-bond donors (Lipinski definition) is 3. The molecule has 4 N–H and O–H groups in total. The Kier molecular flexibility index (Phi) is 5.48. The van der Waals surface area contributed by atoms with Crippen molar-refractivity contribution in [3.05, 3.63) is 23.8 Å². The quantitative estimate of drug-likeness (QED) is 0.747. The molecule has 0 saturated carbocycles. The molecular formula is C14H20F2N2O3. The largest absolute Gasteiger partial charge is 0.506 e. The van der Waals surface area contributed by atoms with Crippen molar-refractivity contribution in [3.8, 4) is 5.75 Å². The van der Waals surface area contributed by atoms with Crippen LogP contribution in [0.15, 0.2) is 18.2 Å². The molecule has 1 atom stereocenters. The lowest BCUT2D eigenvalue weighted by Gasteiger charge is -2.20. The SMILES string of the molecule is CC(C)(C)OC(=O)Nc1ccc(CC(N)C(F)F)cc1O. The van der Waals surface area contributed by atoms with Crippen molar-refractivity contribution < 1.29 is 23.4 Å². The van der Waals surface area contributed by atoms with Gasteiger partial charge in [-0.05, 0) is 44.9 Å². The first-order valence-corrected chi connectivity index (χ1v) is 6.44. The standard InChI is InChI=1S/C14H20F2N2O3/c1-14(2,3)21-13(20)18-10-5-4-8(7-11(10)19)6-9(17)12(15)16/h4-5,7,9,12,19H,6,17H2,1-3H3,(H,18,20). The number of ether oxygens (including phenoxy) is 1. The molecule has 0 aromatic heterocycles. The summed E-state index contributed by atoms with van der Waals surface area (Å²) in [5.41, 5.74) is 5.19. The highest BCUT2D eigenvalue weighted by molar-refractivity contribution is 5.86. The molecule has 1 unspecified atom stereocenters. The van der Waals surface area contributed by atoms with E-state index in [1.165, 1.54) is 18.2 Å². The number of rotatable bonds is 4. The van der Waals surface area contributed by atoms with Crippen LogP contribution < -0.4 is 11.1 Å². The highest BCUT2D eigenvalue weighted by Gasteiger charge is 2.18. The number of benzene rings is 1. The van der Waals surface area contributed by atoms with Crippen LogP contribution in [0.3, 0.4) is 0 Å². The summed E-state index contributed by atoms with van der Waals surface area (Å²) in [5.74, 6) is -0.236. The van der Waals surface area contributed by atoms with Crippen molar-refractivity contribution in [3.63, 3.8) is 0 Å². The van der Waals surface area contributed by atoms with Gasteiger partial charge >= 0.3 is 6.09 Å². The van der Waals surface area contributed by atoms with Crippen molar-refractivity contribution >= 4 is 11.8 Å². The molecule has 0 spiro atoms. The van der Waals surface area contributed by atoms with Crippen LogP contribution in [0.25, 0.3) is 0 Å². The van der Waals surface area contributed by atoms with E-state index in [0.29, 0.717) is 5.56 Å². The molecule has 7 heteroatoms. The molecule has 0 bridgehead atoms. The highest BCUT2D eigenvalue weighted by atomic mass is 19.3. The summed E-state index contributed by atoms with van der Waals surface area (Å²) < 4.78 is 29.8. The van der Waals surface area contributed by atoms with Crippen molar-refractivity contribution in [2.75, 3.05) is 5.32 Å². The number of aromatic hydroxyl groups is 1. The van der Waals surface area contributed by atoms with Gasteiger partial charge in [0.05, 0.1) is 11.7 Å². The number of phenols is 1. The Morgan fingerprint density at radius 3 is 2.52 bits per heavy atom. The molecule has 0 heterocycles. The van der Waals surface area contributed by atoms with Crippen LogP contribution in [0.1, 0.15) is 26.3 Å². The summed E-state index contributed by atoms with van der Waals surface area (Å²) >= 11 is 0. The summed E-state index contributed by atoms with van der Waals surface area (Å²) in [6.45, 7) is 5.13. The number of carbonyl (C=O) groups excluding carboxylic acids is 1. The average Bonchev–Trinajstić information content (AvgIpc) is 2.30. The predicted octanol–water partition coefficient (Wildman–Crippen LogP) is 2.87. The van der Waals surface area contributed by atoms with Crippen molar-refractivity contribution in [1.82, 2.24) is 0 Å². The first-order valence-electron chi connectivity index (χ1n) is 6.44. The molecule has 1 aromatic carbocycles. The normalized spacial score (nSPS) is 13.1. The zero-order valence-corrected chi connectivity index (χ0v) is 12.2. The fourth-order valence-corrected chi connectivity index (χ4v) is 1.58. The number of halogens is 2. The zero-order valence-electron chi connectivity index (χ0n) is 12.2. The number of hydrogen-bond acceptors (Lipinski definition) is 4. The zero-order chi connectivity index (χ0) is 16.2. The molecule has 1 aromatic rings. The second-order valence-electron chi connectivity index (χ2n) is 5.68. The van der Waals surface area contributed by atoms with Gasteiger partial charge in [-0.2, -0.15) is 0 Å². The number of carbonyl (C=O) groups is 1. The second-order valence-corrected chi connectivity index (χ2v) is 5.68. The first kappa shape index (κ1) is 17.2. The van der Waals surface area contributed by atoms with Gasteiger partial charge in [0, 0.05) is 0 Å². The van der Waals surface area contributed by atoms with Gasteiger partial charge in [0.25, 0.3) is 6.43 Å². The van der Waals surface area contributed by atoms with Crippen LogP contribution in [0.5, 0.6) is 5.75 Å². The van der Waals surface area contributed by atoms with Crippen LogP contribution in [-0.2, 0) is 11.2 Å². The Balaban J connectivity index is 2.72. The van der Waals surface area contributed by atoms with Gasteiger partial charge in [-0.3, -0.25) is 5.32 Å². The van der Waals surface area contributed by atoms with E-state index in [4.69, 9.17) is 10.5 Å². The summed E-state index contributed by atoms with van der Waals surface area (Å²) in [5, 5.41) is 12.2. The Morgan fingerprint density at radius 2 is 2.05 bits per heavy atom. The number of anilines is 1. The van der Waals surface area contributed by atoms with E-state index in [1.807, 2.05) is 0 Å². The smallest absolute Gasteiger partial charge is 0.412 e. The van der Waals surface area contributed by atoms with Crippen LogP contribution in [0.4, 0.5) is 19.3 Å². The maximum atomic E-state index is 12.4. The van der Waals surface area contributed by atoms with E-state index in [2.05, 4.69) is 5.32 Å². The summed E-state index contributed by atoms with van der Waals surface area (Å²) in [7, 11) is 0. The minimum absolute atomic E-state index is 0.0715. The van der Waals surface area contributed by atoms with Crippen LogP contribution in [0.2, 0.25) is 0 Å². The van der Waals surface area contributed by atoms with E-state index in [9.17, 15) is 18.7 Å². The fraction of sp³-hybridized carbons (Fsp3) is 0.500. The average molecular weight is 302 g/mol. The van der Waals surface area contributed by atoms with Gasteiger partial charge in [0.15, 0.2) is 0 Å². The third kappa shape index (κ3) is 5.95. The number of nitrogens with one attached hydrogen (secondary N) is 1. The number of amides is 1. The maximum Gasteiger partial charge on any atom is 0.412 e. The topological polar surface area (TPSA) is 84.6 Å². The van der Waals surface area contributed by atoms with E-state index in [-0.39, 0.29) is 17.9 Å². The minimum Gasteiger partial charge on any atom is -0.506 e. The minimum atomic E-state index is -2.63. The van der Waals surface area contributed by atoms with Crippen molar-refractivity contribution in [1.29, 1.82) is 0 Å². The summed E-state index contributed by atoms with van der Waals surface area (Å²) in [6.07, 6.45) is -3.42. The van der Waals surface area contributed by atoms with Gasteiger partial charge in [-0.25, -0.2) is 13.6 Å². The molecule has 5 nitrogen and oxygen atoms in total. The molecule has 0 radical (unpaired) electrons. The van der Waals surface area contributed by atoms with E-state index in [1.54, 1.807) is 20.8 Å². The van der Waals surface area contributed by atoms with E-state index >= 15 is 0 Å². The summed E-state index contributed by atoms with van der Waals surface area (Å²) in [6, 6.07) is 2.91. The number of phenolic OH excluding ortho intramolecular Hbond substituents is 1. The van der Waals surface area contributed by atoms with Gasteiger partial charge in [-0.1, -0.05) is 6.07 Å². The predicted molar refractivity (Wildman–Crippen MR) is 75.6 cm³/mol. The Hall–Kier alpha value is -1.89. The van der Waals surface area contributed by atoms with Crippen molar-refractivity contribution in [2.45, 2.75) is 45.3 Å².